The van der Waals surface area contributed by atoms with Gasteiger partial charge >= 0.3 is 12.1 Å². The van der Waals surface area contributed by atoms with Crippen molar-refractivity contribution in [3.8, 4) is 5.75 Å². The van der Waals surface area contributed by atoms with Gasteiger partial charge in [-0.3, -0.25) is 9.59 Å². The van der Waals surface area contributed by atoms with E-state index in [1.165, 1.54) is 0 Å². The standard InChI is InChI=1S/C34H55N3O8/c1-32(2,3)43-26-15-13-24(14-16-26)22-27(36-28(38)12-10-11-19-35-31(41)45-34(7,8)9)30(40)37-20-17-25(18-21-37)42-23-29(39)44-33(4,5)6/h13-16,25,27H,10-12,17-23H2,1-9H3,(H,35,41)(H,36,38)/t27-/m0/s1. The monoisotopic (exact) mass is 633 g/mol. The Hall–Kier alpha value is -3.34. The molecular weight excluding hydrogens is 578 g/mol. The van der Waals surface area contributed by atoms with Crippen LogP contribution in [0.1, 0.15) is 100.0 Å². The number of carbonyl (C=O) groups is 4. The fraction of sp³-hybridized carbons (Fsp3) is 0.706. The highest BCUT2D eigenvalue weighted by molar-refractivity contribution is 5.88. The van der Waals surface area contributed by atoms with Crippen molar-refractivity contribution in [1.82, 2.24) is 15.5 Å². The first-order valence-electron chi connectivity index (χ1n) is 16.0. The summed E-state index contributed by atoms with van der Waals surface area (Å²) in [5.41, 5.74) is -0.591. The summed E-state index contributed by atoms with van der Waals surface area (Å²) >= 11 is 0. The number of ether oxygens (including phenoxy) is 4. The van der Waals surface area contributed by atoms with Gasteiger partial charge in [-0.25, -0.2) is 9.59 Å². The van der Waals surface area contributed by atoms with Gasteiger partial charge in [0.15, 0.2) is 0 Å². The highest BCUT2D eigenvalue weighted by Gasteiger charge is 2.30. The highest BCUT2D eigenvalue weighted by Crippen LogP contribution is 2.21. The number of hydrogen-bond acceptors (Lipinski definition) is 8. The van der Waals surface area contributed by atoms with Gasteiger partial charge < -0.3 is 34.5 Å². The molecule has 0 spiro atoms. The zero-order valence-electron chi connectivity index (χ0n) is 28.7. The molecule has 3 amide bonds. The van der Waals surface area contributed by atoms with Crippen LogP contribution in [-0.4, -0.2) is 84.0 Å². The van der Waals surface area contributed by atoms with Crippen molar-refractivity contribution >= 4 is 23.9 Å². The summed E-state index contributed by atoms with van der Waals surface area (Å²) in [6.07, 6.45) is 2.21. The van der Waals surface area contributed by atoms with Gasteiger partial charge in [0.1, 0.15) is 35.2 Å². The number of hydrogen-bond donors (Lipinski definition) is 2. The first-order valence-corrected chi connectivity index (χ1v) is 16.0. The fourth-order valence-electron chi connectivity index (χ4n) is 4.68. The number of benzene rings is 1. The lowest BCUT2D eigenvalue weighted by Gasteiger charge is -2.34. The van der Waals surface area contributed by atoms with Gasteiger partial charge in [-0.2, -0.15) is 0 Å². The molecule has 45 heavy (non-hydrogen) atoms. The number of unbranched alkanes of at least 4 members (excludes halogenated alkanes) is 1. The zero-order chi connectivity index (χ0) is 33.8. The van der Waals surface area contributed by atoms with Crippen LogP contribution in [0.15, 0.2) is 24.3 Å². The molecule has 0 radical (unpaired) electrons. The molecule has 1 saturated heterocycles. The van der Waals surface area contributed by atoms with Crippen molar-refractivity contribution < 1.29 is 38.1 Å². The molecule has 1 aliphatic heterocycles. The molecule has 1 aromatic rings. The van der Waals surface area contributed by atoms with Crippen molar-refractivity contribution in [2.24, 2.45) is 0 Å². The van der Waals surface area contributed by atoms with Crippen LogP contribution in [0.2, 0.25) is 0 Å². The summed E-state index contributed by atoms with van der Waals surface area (Å²) in [6.45, 7) is 17.9. The Balaban J connectivity index is 1.96. The first kappa shape index (κ1) is 37.8. The molecule has 1 aliphatic rings. The third kappa shape index (κ3) is 16.5. The van der Waals surface area contributed by atoms with Crippen LogP contribution in [0.4, 0.5) is 4.79 Å². The lowest BCUT2D eigenvalue weighted by molar-refractivity contribution is -0.163. The van der Waals surface area contributed by atoms with Crippen molar-refractivity contribution in [2.75, 3.05) is 26.2 Å². The van der Waals surface area contributed by atoms with Crippen LogP contribution >= 0.6 is 0 Å². The number of carbonyl (C=O) groups excluding carboxylic acids is 4. The fourth-order valence-corrected chi connectivity index (χ4v) is 4.68. The number of rotatable bonds is 13. The number of piperidine rings is 1. The lowest BCUT2D eigenvalue weighted by Crippen LogP contribution is -2.52. The van der Waals surface area contributed by atoms with Crippen LogP contribution in [0.25, 0.3) is 0 Å². The van der Waals surface area contributed by atoms with Gasteiger partial charge in [0, 0.05) is 32.5 Å². The molecule has 1 atom stereocenters. The van der Waals surface area contributed by atoms with Gasteiger partial charge in [-0.1, -0.05) is 12.1 Å². The SMILES string of the molecule is CC(C)(C)OC(=O)COC1CCN(C(=O)[C@H](Cc2ccc(OC(C)(C)C)cc2)NC(=O)CCCCNC(=O)OC(C)(C)C)CC1. The molecule has 254 valence electrons. The molecular formula is C34H55N3O8. The quantitative estimate of drug-likeness (QED) is 0.231. The average molecular weight is 634 g/mol. The van der Waals surface area contributed by atoms with Gasteiger partial charge in [0.25, 0.3) is 0 Å². The van der Waals surface area contributed by atoms with E-state index in [1.807, 2.05) is 65.8 Å². The maximum Gasteiger partial charge on any atom is 0.407 e. The normalized spacial score (nSPS) is 15.2. The van der Waals surface area contributed by atoms with E-state index in [2.05, 4.69) is 10.6 Å². The van der Waals surface area contributed by atoms with Crippen molar-refractivity contribution in [3.63, 3.8) is 0 Å². The van der Waals surface area contributed by atoms with Gasteiger partial charge in [0.05, 0.1) is 6.10 Å². The topological polar surface area (TPSA) is 132 Å². The molecule has 1 fully saturated rings. The molecule has 0 aliphatic carbocycles. The number of nitrogens with zero attached hydrogens (tertiary/aromatic N) is 1. The number of likely N-dealkylation sites (tertiary alicyclic amines) is 1. The van der Waals surface area contributed by atoms with E-state index in [-0.39, 0.29) is 36.5 Å². The van der Waals surface area contributed by atoms with E-state index in [4.69, 9.17) is 18.9 Å². The smallest absolute Gasteiger partial charge is 0.407 e. The lowest BCUT2D eigenvalue weighted by atomic mass is 10.0. The minimum Gasteiger partial charge on any atom is -0.488 e. The van der Waals surface area contributed by atoms with E-state index in [9.17, 15) is 19.2 Å². The van der Waals surface area contributed by atoms with Gasteiger partial charge in [-0.05, 0) is 106 Å². The number of nitrogens with one attached hydrogen (secondary N) is 2. The van der Waals surface area contributed by atoms with Crippen molar-refractivity contribution in [2.45, 2.75) is 130 Å². The number of amides is 3. The van der Waals surface area contributed by atoms with Gasteiger partial charge in [0.2, 0.25) is 11.8 Å². The summed E-state index contributed by atoms with van der Waals surface area (Å²) in [6, 6.07) is 6.81. The average Bonchev–Trinajstić information content (AvgIpc) is 2.89. The molecule has 1 aromatic carbocycles. The largest absolute Gasteiger partial charge is 0.488 e. The summed E-state index contributed by atoms with van der Waals surface area (Å²) in [7, 11) is 0. The maximum absolute atomic E-state index is 13.7. The minimum absolute atomic E-state index is 0.128. The van der Waals surface area contributed by atoms with Crippen LogP contribution in [0.5, 0.6) is 5.75 Å². The predicted octanol–water partition coefficient (Wildman–Crippen LogP) is 4.94. The Kier molecular flexibility index (Phi) is 14.1. The first-order chi connectivity index (χ1) is 20.8. The molecule has 2 N–H and O–H groups in total. The Labute approximate surface area is 269 Å². The summed E-state index contributed by atoms with van der Waals surface area (Å²) in [4.78, 5) is 52.3. The molecule has 11 heteroatoms. The van der Waals surface area contributed by atoms with E-state index in [1.54, 1.807) is 25.7 Å². The van der Waals surface area contributed by atoms with E-state index >= 15 is 0 Å². The molecule has 0 aromatic heterocycles. The Morgan fingerprint density at radius 1 is 0.844 bits per heavy atom. The molecule has 2 rings (SSSR count). The second kappa shape index (κ2) is 16.8. The summed E-state index contributed by atoms with van der Waals surface area (Å²) in [5.74, 6) is -0.0700. The van der Waals surface area contributed by atoms with Crippen molar-refractivity contribution in [1.29, 1.82) is 0 Å². The van der Waals surface area contributed by atoms with Crippen LogP contribution in [0, 0.1) is 0 Å². The molecule has 1 heterocycles. The summed E-state index contributed by atoms with van der Waals surface area (Å²) < 4.78 is 22.2. The zero-order valence-corrected chi connectivity index (χ0v) is 28.7. The highest BCUT2D eigenvalue weighted by atomic mass is 16.6. The van der Waals surface area contributed by atoms with Crippen LogP contribution in [-0.2, 0) is 35.0 Å². The second-order valence-electron chi connectivity index (χ2n) is 14.5. The Bertz CT molecular complexity index is 1110. The van der Waals surface area contributed by atoms with Crippen LogP contribution in [0.3, 0.4) is 0 Å². The van der Waals surface area contributed by atoms with Crippen LogP contribution < -0.4 is 15.4 Å². The maximum atomic E-state index is 13.7. The number of alkyl carbamates (subject to hydrolysis) is 1. The Morgan fingerprint density at radius 3 is 2.00 bits per heavy atom. The molecule has 11 nitrogen and oxygen atoms in total. The molecule has 0 saturated carbocycles. The molecule has 0 bridgehead atoms. The third-order valence-electron chi connectivity index (χ3n) is 6.53. The van der Waals surface area contributed by atoms with E-state index in [0.29, 0.717) is 51.7 Å². The van der Waals surface area contributed by atoms with Crippen molar-refractivity contribution in [3.05, 3.63) is 29.8 Å². The predicted molar refractivity (Wildman–Crippen MR) is 172 cm³/mol. The third-order valence-corrected chi connectivity index (χ3v) is 6.53. The Morgan fingerprint density at radius 2 is 1.44 bits per heavy atom. The number of esters is 1. The van der Waals surface area contributed by atoms with Gasteiger partial charge in [-0.15, -0.1) is 0 Å². The van der Waals surface area contributed by atoms with E-state index in [0.717, 1.165) is 11.3 Å². The second-order valence-corrected chi connectivity index (χ2v) is 14.5. The van der Waals surface area contributed by atoms with E-state index < -0.39 is 29.3 Å². The summed E-state index contributed by atoms with van der Waals surface area (Å²) in [5, 5.41) is 5.65. The molecule has 0 unspecified atom stereocenters. The minimum atomic E-state index is -0.744.